The van der Waals surface area contributed by atoms with E-state index in [1.165, 1.54) is 0 Å². The van der Waals surface area contributed by atoms with Gasteiger partial charge in [-0.1, -0.05) is 41.9 Å². The van der Waals surface area contributed by atoms with Gasteiger partial charge in [-0.15, -0.1) is 0 Å². The quantitative estimate of drug-likeness (QED) is 0.901. The van der Waals surface area contributed by atoms with Crippen molar-refractivity contribution in [2.45, 2.75) is 26.0 Å². The van der Waals surface area contributed by atoms with Crippen molar-refractivity contribution in [3.05, 3.63) is 64.7 Å². The maximum atomic E-state index is 5.87. The van der Waals surface area contributed by atoms with Gasteiger partial charge in [0.25, 0.3) is 0 Å². The highest BCUT2D eigenvalue weighted by molar-refractivity contribution is 6.30. The van der Waals surface area contributed by atoms with E-state index in [9.17, 15) is 0 Å². The lowest BCUT2D eigenvalue weighted by Crippen LogP contribution is -2.18. The van der Waals surface area contributed by atoms with Crippen LogP contribution in [-0.2, 0) is 13.0 Å². The zero-order valence-electron chi connectivity index (χ0n) is 11.0. The molecule has 0 radical (unpaired) electrons. The number of rotatable bonds is 5. The van der Waals surface area contributed by atoms with Crippen molar-refractivity contribution in [1.29, 1.82) is 0 Å². The lowest BCUT2D eigenvalue weighted by atomic mass is 10.1. The molecule has 0 amide bonds. The van der Waals surface area contributed by atoms with Crippen LogP contribution in [0.15, 0.2) is 48.5 Å². The monoisotopic (exact) mass is 275 g/mol. The van der Waals surface area contributed by atoms with Crippen LogP contribution in [0.4, 0.5) is 0 Å². The Morgan fingerprint density at radius 1 is 1.11 bits per heavy atom. The first-order chi connectivity index (χ1) is 9.15. The summed E-state index contributed by atoms with van der Waals surface area (Å²) in [6.45, 7) is 2.53. The highest BCUT2D eigenvalue weighted by Gasteiger charge is 2.05. The third kappa shape index (κ3) is 4.27. The molecule has 0 fully saturated rings. The minimum absolute atomic E-state index is 0.125. The first-order valence-electron chi connectivity index (χ1n) is 6.36. The molecule has 2 nitrogen and oxygen atoms in total. The summed E-state index contributed by atoms with van der Waals surface area (Å²) >= 11 is 5.86. The Morgan fingerprint density at radius 3 is 2.47 bits per heavy atom. The van der Waals surface area contributed by atoms with Gasteiger partial charge in [0.05, 0.1) is 0 Å². The summed E-state index contributed by atoms with van der Waals surface area (Å²) in [6, 6.07) is 15.8. The molecule has 2 aromatic rings. The first kappa shape index (κ1) is 13.9. The van der Waals surface area contributed by atoms with Crippen LogP contribution < -0.4 is 10.5 Å². The molecular formula is C16H18ClNO. The largest absolute Gasteiger partial charge is 0.489 e. The van der Waals surface area contributed by atoms with Crippen molar-refractivity contribution in [1.82, 2.24) is 0 Å². The highest BCUT2D eigenvalue weighted by atomic mass is 35.5. The molecule has 1 atom stereocenters. The van der Waals surface area contributed by atoms with Crippen LogP contribution in [0.2, 0.25) is 5.02 Å². The normalized spacial score (nSPS) is 12.2. The van der Waals surface area contributed by atoms with Crippen molar-refractivity contribution in [3.63, 3.8) is 0 Å². The van der Waals surface area contributed by atoms with Crippen LogP contribution in [0.25, 0.3) is 0 Å². The Kier molecular flexibility index (Phi) is 4.83. The van der Waals surface area contributed by atoms with E-state index in [1.54, 1.807) is 0 Å². The summed E-state index contributed by atoms with van der Waals surface area (Å²) in [5, 5.41) is 0.737. The molecule has 2 N–H and O–H groups in total. The smallest absolute Gasteiger partial charge is 0.123 e. The number of hydrogen-bond acceptors (Lipinski definition) is 2. The van der Waals surface area contributed by atoms with Crippen molar-refractivity contribution in [3.8, 4) is 5.75 Å². The number of hydrogen-bond donors (Lipinski definition) is 1. The third-order valence-corrected chi connectivity index (χ3v) is 3.07. The average Bonchev–Trinajstić information content (AvgIpc) is 2.39. The van der Waals surface area contributed by atoms with Crippen molar-refractivity contribution < 1.29 is 4.74 Å². The van der Waals surface area contributed by atoms with Crippen LogP contribution in [0, 0.1) is 0 Å². The molecule has 1 unspecified atom stereocenters. The van der Waals surface area contributed by atoms with Gasteiger partial charge in [0, 0.05) is 11.1 Å². The SMILES string of the molecule is CC(N)Cc1ccccc1OCc1ccc(Cl)cc1. The Balaban J connectivity index is 2.04. The zero-order valence-corrected chi connectivity index (χ0v) is 11.7. The van der Waals surface area contributed by atoms with Gasteiger partial charge < -0.3 is 10.5 Å². The topological polar surface area (TPSA) is 35.2 Å². The number of halogens is 1. The molecule has 0 aliphatic heterocycles. The molecule has 3 heteroatoms. The van der Waals surface area contributed by atoms with Gasteiger partial charge in [-0.2, -0.15) is 0 Å². The Morgan fingerprint density at radius 2 is 1.79 bits per heavy atom. The molecule has 0 spiro atoms. The second-order valence-corrected chi connectivity index (χ2v) is 5.14. The minimum Gasteiger partial charge on any atom is -0.489 e. The van der Waals surface area contributed by atoms with E-state index in [-0.39, 0.29) is 6.04 Å². The highest BCUT2D eigenvalue weighted by Crippen LogP contribution is 2.21. The number of nitrogens with two attached hydrogens (primary N) is 1. The molecule has 2 rings (SSSR count). The van der Waals surface area contributed by atoms with E-state index < -0.39 is 0 Å². The van der Waals surface area contributed by atoms with E-state index >= 15 is 0 Å². The van der Waals surface area contributed by atoms with Crippen molar-refractivity contribution in [2.75, 3.05) is 0 Å². The lowest BCUT2D eigenvalue weighted by Gasteiger charge is -2.13. The Hall–Kier alpha value is -1.51. The Labute approximate surface area is 119 Å². The van der Waals surface area contributed by atoms with Crippen LogP contribution in [-0.4, -0.2) is 6.04 Å². The number of ether oxygens (including phenoxy) is 1. The number of benzene rings is 2. The summed E-state index contributed by atoms with van der Waals surface area (Å²) in [5.41, 5.74) is 8.09. The standard InChI is InChI=1S/C16H18ClNO/c1-12(18)10-14-4-2-3-5-16(14)19-11-13-6-8-15(17)9-7-13/h2-9,12H,10-11,18H2,1H3. The molecule has 2 aromatic carbocycles. The Bertz CT molecular complexity index is 523. The molecule has 0 heterocycles. The predicted molar refractivity (Wildman–Crippen MR) is 79.6 cm³/mol. The molecule has 19 heavy (non-hydrogen) atoms. The van der Waals surface area contributed by atoms with Crippen molar-refractivity contribution in [2.24, 2.45) is 5.73 Å². The van der Waals surface area contributed by atoms with E-state index in [1.807, 2.05) is 49.4 Å². The van der Waals surface area contributed by atoms with Gasteiger partial charge >= 0.3 is 0 Å². The second-order valence-electron chi connectivity index (χ2n) is 4.70. The summed E-state index contributed by atoms with van der Waals surface area (Å²) < 4.78 is 5.87. The molecule has 0 saturated heterocycles. The van der Waals surface area contributed by atoms with Gasteiger partial charge in [0.2, 0.25) is 0 Å². The van der Waals surface area contributed by atoms with Crippen LogP contribution in [0.5, 0.6) is 5.75 Å². The average molecular weight is 276 g/mol. The molecule has 0 bridgehead atoms. The number of para-hydroxylation sites is 1. The fourth-order valence-electron chi connectivity index (χ4n) is 1.90. The van der Waals surface area contributed by atoms with E-state index in [4.69, 9.17) is 22.1 Å². The van der Waals surface area contributed by atoms with E-state index in [0.717, 1.165) is 28.3 Å². The molecular weight excluding hydrogens is 258 g/mol. The van der Waals surface area contributed by atoms with Crippen LogP contribution >= 0.6 is 11.6 Å². The zero-order chi connectivity index (χ0) is 13.7. The third-order valence-electron chi connectivity index (χ3n) is 2.82. The summed E-state index contributed by atoms with van der Waals surface area (Å²) in [4.78, 5) is 0. The molecule has 100 valence electrons. The summed E-state index contributed by atoms with van der Waals surface area (Å²) in [6.07, 6.45) is 0.816. The van der Waals surface area contributed by atoms with Crippen LogP contribution in [0.3, 0.4) is 0 Å². The second kappa shape index (κ2) is 6.60. The van der Waals surface area contributed by atoms with Crippen LogP contribution in [0.1, 0.15) is 18.1 Å². The lowest BCUT2D eigenvalue weighted by molar-refractivity contribution is 0.302. The molecule has 0 aliphatic rings. The van der Waals surface area contributed by atoms with Gasteiger partial charge in [0.15, 0.2) is 0 Å². The molecule has 0 aromatic heterocycles. The van der Waals surface area contributed by atoms with Gasteiger partial charge in [0.1, 0.15) is 12.4 Å². The van der Waals surface area contributed by atoms with Crippen molar-refractivity contribution >= 4 is 11.6 Å². The molecule has 0 aliphatic carbocycles. The predicted octanol–water partition coefficient (Wildman–Crippen LogP) is 3.81. The fourth-order valence-corrected chi connectivity index (χ4v) is 2.03. The fraction of sp³-hybridized carbons (Fsp3) is 0.250. The van der Waals surface area contributed by atoms with Gasteiger partial charge in [-0.05, 0) is 42.7 Å². The summed E-state index contributed by atoms with van der Waals surface area (Å²) in [7, 11) is 0. The van der Waals surface area contributed by atoms with Gasteiger partial charge in [-0.25, -0.2) is 0 Å². The molecule has 0 saturated carbocycles. The maximum absolute atomic E-state index is 5.87. The first-order valence-corrected chi connectivity index (χ1v) is 6.73. The van der Waals surface area contributed by atoms with E-state index in [2.05, 4.69) is 6.07 Å². The minimum atomic E-state index is 0.125. The summed E-state index contributed by atoms with van der Waals surface area (Å²) in [5.74, 6) is 0.898. The maximum Gasteiger partial charge on any atom is 0.123 e. The van der Waals surface area contributed by atoms with E-state index in [0.29, 0.717) is 6.61 Å². The van der Waals surface area contributed by atoms with Gasteiger partial charge in [-0.3, -0.25) is 0 Å².